The van der Waals surface area contributed by atoms with Crippen LogP contribution in [0.1, 0.15) is 33.4 Å². The van der Waals surface area contributed by atoms with Crippen molar-refractivity contribution in [3.63, 3.8) is 0 Å². The van der Waals surface area contributed by atoms with Gasteiger partial charge in [0, 0.05) is 12.2 Å². The van der Waals surface area contributed by atoms with Crippen molar-refractivity contribution in [1.82, 2.24) is 4.31 Å². The zero-order valence-electron chi connectivity index (χ0n) is 19.2. The summed E-state index contributed by atoms with van der Waals surface area (Å²) in [6.45, 7) is 7.11. The molecule has 0 heterocycles. The topological polar surface area (TPSA) is 90.3 Å². The second-order valence-corrected chi connectivity index (χ2v) is 10.1. The fourth-order valence-electron chi connectivity index (χ4n) is 3.85. The Hall–Kier alpha value is -3.47. The van der Waals surface area contributed by atoms with Crippen LogP contribution in [0.4, 0.5) is 5.69 Å². The molecule has 0 aliphatic heterocycles. The Morgan fingerprint density at radius 2 is 1.58 bits per heavy atom. The molecule has 3 aromatic rings. The summed E-state index contributed by atoms with van der Waals surface area (Å²) in [5.41, 5.74) is 4.95. The Morgan fingerprint density at radius 3 is 2.18 bits per heavy atom. The van der Waals surface area contributed by atoms with E-state index in [0.29, 0.717) is 22.4 Å². The molecule has 6 nitrogen and oxygen atoms in total. The Balaban J connectivity index is 1.96. The Morgan fingerprint density at radius 1 is 0.939 bits per heavy atom. The maximum Gasteiger partial charge on any atom is 0.244 e. The Labute approximate surface area is 195 Å². The van der Waals surface area contributed by atoms with Crippen molar-refractivity contribution in [2.45, 2.75) is 39.1 Å². The minimum absolute atomic E-state index is 0.0566. The van der Waals surface area contributed by atoms with Gasteiger partial charge in [-0.1, -0.05) is 53.6 Å². The minimum atomic E-state index is -3.97. The summed E-state index contributed by atoms with van der Waals surface area (Å²) < 4.78 is 28.7. The predicted molar refractivity (Wildman–Crippen MR) is 129 cm³/mol. The zero-order valence-corrected chi connectivity index (χ0v) is 20.0. The summed E-state index contributed by atoms with van der Waals surface area (Å²) >= 11 is 0. The van der Waals surface area contributed by atoms with Crippen LogP contribution in [0.5, 0.6) is 0 Å². The largest absolute Gasteiger partial charge is 0.325 e. The van der Waals surface area contributed by atoms with Gasteiger partial charge in [0.2, 0.25) is 15.9 Å². The average molecular weight is 462 g/mol. The van der Waals surface area contributed by atoms with E-state index < -0.39 is 15.9 Å². The van der Waals surface area contributed by atoms with E-state index in [0.717, 1.165) is 16.7 Å². The van der Waals surface area contributed by atoms with Gasteiger partial charge in [-0.3, -0.25) is 4.79 Å². The van der Waals surface area contributed by atoms with E-state index >= 15 is 0 Å². The monoisotopic (exact) mass is 461 g/mol. The lowest BCUT2D eigenvalue weighted by Gasteiger charge is -2.24. The van der Waals surface area contributed by atoms with E-state index in [1.165, 1.54) is 4.31 Å². The van der Waals surface area contributed by atoms with Gasteiger partial charge < -0.3 is 5.32 Å². The van der Waals surface area contributed by atoms with Crippen molar-refractivity contribution >= 4 is 21.6 Å². The predicted octanol–water partition coefficient (Wildman–Crippen LogP) is 4.62. The van der Waals surface area contributed by atoms with E-state index in [1.807, 2.05) is 56.3 Å². The van der Waals surface area contributed by atoms with Crippen molar-refractivity contribution in [3.8, 4) is 6.07 Å². The first-order valence-electron chi connectivity index (χ1n) is 10.5. The average Bonchev–Trinajstić information content (AvgIpc) is 2.74. The molecule has 0 aliphatic rings. The Bertz CT molecular complexity index is 1300. The molecule has 170 valence electrons. The van der Waals surface area contributed by atoms with Gasteiger partial charge in [0.25, 0.3) is 0 Å². The molecule has 3 aromatic carbocycles. The number of carbonyl (C=O) groups is 1. The fourth-order valence-corrected chi connectivity index (χ4v) is 5.65. The van der Waals surface area contributed by atoms with E-state index in [-0.39, 0.29) is 18.0 Å². The van der Waals surface area contributed by atoms with Gasteiger partial charge in [0.1, 0.15) is 0 Å². The Kier molecular flexibility index (Phi) is 7.32. The standard InChI is InChI=1S/C26H27N3O3S/c1-18-8-10-22(11-9-18)16-29(17-25(30)28-24-7-5-6-23(14-24)15-27)33(31,32)26-20(3)12-19(2)13-21(26)4/h5-14H,16-17H2,1-4H3,(H,28,30). The van der Waals surface area contributed by atoms with Crippen LogP contribution in [0, 0.1) is 39.0 Å². The molecule has 0 radical (unpaired) electrons. The van der Waals surface area contributed by atoms with Gasteiger partial charge in [-0.05, 0) is 62.6 Å². The molecule has 1 N–H and O–H groups in total. The third-order valence-corrected chi connectivity index (χ3v) is 7.38. The van der Waals surface area contributed by atoms with Crippen LogP contribution in [0.25, 0.3) is 0 Å². The number of carbonyl (C=O) groups excluding carboxylic acids is 1. The smallest absolute Gasteiger partial charge is 0.244 e. The SMILES string of the molecule is Cc1ccc(CN(CC(=O)Nc2cccc(C#N)c2)S(=O)(=O)c2c(C)cc(C)cc2C)cc1. The number of amides is 1. The number of nitrogens with one attached hydrogen (secondary N) is 1. The van der Waals surface area contributed by atoms with Crippen LogP contribution in [0.3, 0.4) is 0 Å². The van der Waals surface area contributed by atoms with Gasteiger partial charge in [-0.2, -0.15) is 9.57 Å². The summed E-state index contributed by atoms with van der Waals surface area (Å²) in [6, 6.07) is 19.7. The third kappa shape index (κ3) is 5.86. The highest BCUT2D eigenvalue weighted by Crippen LogP contribution is 2.26. The van der Waals surface area contributed by atoms with Gasteiger partial charge in [0.05, 0.1) is 23.1 Å². The maximum absolute atomic E-state index is 13.7. The molecule has 0 bridgehead atoms. The number of hydrogen-bond acceptors (Lipinski definition) is 4. The zero-order chi connectivity index (χ0) is 24.2. The molecule has 3 rings (SSSR count). The van der Waals surface area contributed by atoms with Crippen molar-refractivity contribution in [2.75, 3.05) is 11.9 Å². The normalized spacial score (nSPS) is 11.3. The van der Waals surface area contributed by atoms with Gasteiger partial charge in [-0.15, -0.1) is 0 Å². The lowest BCUT2D eigenvalue weighted by atomic mass is 10.1. The number of benzene rings is 3. The van der Waals surface area contributed by atoms with Crippen molar-refractivity contribution < 1.29 is 13.2 Å². The first-order chi connectivity index (χ1) is 15.6. The van der Waals surface area contributed by atoms with E-state index in [2.05, 4.69) is 5.32 Å². The number of sulfonamides is 1. The maximum atomic E-state index is 13.7. The molecule has 0 aliphatic carbocycles. The molecule has 0 saturated carbocycles. The molecular formula is C26H27N3O3S. The molecular weight excluding hydrogens is 434 g/mol. The molecule has 0 saturated heterocycles. The van der Waals surface area contributed by atoms with Crippen LogP contribution in [-0.2, 0) is 21.4 Å². The highest BCUT2D eigenvalue weighted by Gasteiger charge is 2.30. The number of aryl methyl sites for hydroxylation is 4. The highest BCUT2D eigenvalue weighted by atomic mass is 32.2. The lowest BCUT2D eigenvalue weighted by Crippen LogP contribution is -2.38. The first kappa shape index (κ1) is 24.2. The quantitative estimate of drug-likeness (QED) is 0.556. The number of nitrogens with zero attached hydrogens (tertiary/aromatic N) is 2. The van der Waals surface area contributed by atoms with Gasteiger partial charge in [0.15, 0.2) is 0 Å². The summed E-state index contributed by atoms with van der Waals surface area (Å²) in [5, 5.41) is 11.8. The van der Waals surface area contributed by atoms with Crippen molar-refractivity contribution in [1.29, 1.82) is 5.26 Å². The highest BCUT2D eigenvalue weighted by molar-refractivity contribution is 7.89. The molecule has 1 amide bonds. The number of nitriles is 1. The minimum Gasteiger partial charge on any atom is -0.325 e. The van der Waals surface area contributed by atoms with Crippen molar-refractivity contribution in [3.05, 3.63) is 94.0 Å². The van der Waals surface area contributed by atoms with Crippen LogP contribution >= 0.6 is 0 Å². The third-order valence-electron chi connectivity index (χ3n) is 5.28. The summed E-state index contributed by atoms with van der Waals surface area (Å²) in [5.74, 6) is -0.483. The molecule has 0 fully saturated rings. The number of hydrogen-bond donors (Lipinski definition) is 1. The van der Waals surface area contributed by atoms with Crippen LogP contribution in [0.2, 0.25) is 0 Å². The molecule has 33 heavy (non-hydrogen) atoms. The fraction of sp³-hybridized carbons (Fsp3) is 0.231. The molecule has 0 unspecified atom stereocenters. The van der Waals surface area contributed by atoms with E-state index in [4.69, 9.17) is 5.26 Å². The van der Waals surface area contributed by atoms with Gasteiger partial charge >= 0.3 is 0 Å². The first-order valence-corrected chi connectivity index (χ1v) is 12.0. The van der Waals surface area contributed by atoms with Gasteiger partial charge in [-0.25, -0.2) is 8.42 Å². The number of rotatable bonds is 7. The summed E-state index contributed by atoms with van der Waals surface area (Å²) in [4.78, 5) is 13.1. The summed E-state index contributed by atoms with van der Waals surface area (Å²) in [7, 11) is -3.97. The van der Waals surface area contributed by atoms with Crippen molar-refractivity contribution in [2.24, 2.45) is 0 Å². The summed E-state index contributed by atoms with van der Waals surface area (Å²) in [6.07, 6.45) is 0. The molecule has 0 aromatic heterocycles. The molecule has 0 atom stereocenters. The molecule has 7 heteroatoms. The number of anilines is 1. The van der Waals surface area contributed by atoms with E-state index in [9.17, 15) is 13.2 Å². The molecule has 0 spiro atoms. The second kappa shape index (κ2) is 9.99. The second-order valence-electron chi connectivity index (χ2n) is 8.23. The van der Waals surface area contributed by atoms with E-state index in [1.54, 1.807) is 38.1 Å². The van der Waals surface area contributed by atoms with Crippen LogP contribution in [0.15, 0.2) is 65.6 Å². The van der Waals surface area contributed by atoms with Crippen LogP contribution in [-0.4, -0.2) is 25.2 Å². The lowest BCUT2D eigenvalue weighted by molar-refractivity contribution is -0.116. The van der Waals surface area contributed by atoms with Crippen LogP contribution < -0.4 is 5.32 Å².